The summed E-state index contributed by atoms with van der Waals surface area (Å²) in [6, 6.07) is 10.1. The Labute approximate surface area is 127 Å². The lowest BCUT2D eigenvalue weighted by Crippen LogP contribution is -2.29. The summed E-state index contributed by atoms with van der Waals surface area (Å²) in [7, 11) is 0. The maximum absolute atomic E-state index is 9.67. The Kier molecular flexibility index (Phi) is 3.46. The third-order valence-corrected chi connectivity index (χ3v) is 4.70. The van der Waals surface area contributed by atoms with Gasteiger partial charge in [-0.1, -0.05) is 6.07 Å². The summed E-state index contributed by atoms with van der Waals surface area (Å²) < 4.78 is 0. The van der Waals surface area contributed by atoms with Crippen molar-refractivity contribution >= 4 is 34.6 Å². The SMILES string of the molecule is Cl.Oc1ccc2[nH]c3c(c2c1)CCNC3c1cccs1. The molecule has 5 heteroatoms. The smallest absolute Gasteiger partial charge is 0.116 e. The first-order valence-corrected chi connectivity index (χ1v) is 7.31. The fraction of sp³-hybridized carbons (Fsp3) is 0.200. The zero-order valence-corrected chi connectivity index (χ0v) is 12.4. The van der Waals surface area contributed by atoms with E-state index in [1.807, 2.05) is 12.1 Å². The highest BCUT2D eigenvalue weighted by Crippen LogP contribution is 2.35. The van der Waals surface area contributed by atoms with Gasteiger partial charge in [-0.15, -0.1) is 23.7 Å². The van der Waals surface area contributed by atoms with E-state index in [9.17, 15) is 5.11 Å². The van der Waals surface area contributed by atoms with E-state index in [0.717, 1.165) is 23.9 Å². The van der Waals surface area contributed by atoms with E-state index < -0.39 is 0 Å². The number of aromatic amines is 1. The highest BCUT2D eigenvalue weighted by Gasteiger charge is 2.25. The van der Waals surface area contributed by atoms with Crippen molar-refractivity contribution in [3.63, 3.8) is 0 Å². The maximum Gasteiger partial charge on any atom is 0.116 e. The molecule has 0 saturated heterocycles. The van der Waals surface area contributed by atoms with Gasteiger partial charge in [0, 0.05) is 28.0 Å². The fourth-order valence-corrected chi connectivity index (χ4v) is 3.72. The number of fused-ring (bicyclic) bond motifs is 3. The number of benzene rings is 1. The Morgan fingerprint density at radius 1 is 1.25 bits per heavy atom. The summed E-state index contributed by atoms with van der Waals surface area (Å²) >= 11 is 1.77. The first kappa shape index (κ1) is 13.5. The van der Waals surface area contributed by atoms with E-state index in [1.165, 1.54) is 16.1 Å². The van der Waals surface area contributed by atoms with Gasteiger partial charge in [-0.2, -0.15) is 0 Å². The molecule has 0 radical (unpaired) electrons. The molecule has 0 amide bonds. The summed E-state index contributed by atoms with van der Waals surface area (Å²) in [4.78, 5) is 4.84. The molecule has 0 bridgehead atoms. The summed E-state index contributed by atoms with van der Waals surface area (Å²) in [6.45, 7) is 0.970. The number of thiophene rings is 1. The van der Waals surface area contributed by atoms with Gasteiger partial charge in [0.05, 0.1) is 6.04 Å². The molecule has 1 aliphatic rings. The Balaban J connectivity index is 0.00000121. The van der Waals surface area contributed by atoms with Crippen molar-refractivity contribution < 1.29 is 5.11 Å². The molecule has 1 atom stereocenters. The molecule has 3 aromatic rings. The van der Waals surface area contributed by atoms with Crippen LogP contribution in [0.5, 0.6) is 5.75 Å². The third-order valence-electron chi connectivity index (χ3n) is 3.76. The third kappa shape index (κ3) is 2.00. The summed E-state index contributed by atoms with van der Waals surface area (Å²) in [6.07, 6.45) is 1.00. The number of phenols is 1. The average Bonchev–Trinajstić information content (AvgIpc) is 3.05. The Morgan fingerprint density at radius 2 is 2.15 bits per heavy atom. The Bertz CT molecular complexity index is 736. The zero-order valence-electron chi connectivity index (χ0n) is 10.7. The Hall–Kier alpha value is -1.49. The number of phenolic OH excluding ortho intramolecular Hbond substituents is 1. The standard InChI is InChI=1S/C15H14N2OS.ClH/c18-9-3-4-12-11(8-9)10-5-6-16-15(14(10)17-12)13-2-1-7-19-13;/h1-4,7-8,15-18H,5-6H2;1H. The van der Waals surface area contributed by atoms with Crippen molar-refractivity contribution in [2.45, 2.75) is 12.5 Å². The normalized spacial score (nSPS) is 17.7. The van der Waals surface area contributed by atoms with Crippen molar-refractivity contribution in [1.29, 1.82) is 0 Å². The van der Waals surface area contributed by atoms with Gasteiger partial charge in [0.2, 0.25) is 0 Å². The Morgan fingerprint density at radius 3 is 2.95 bits per heavy atom. The van der Waals surface area contributed by atoms with Crippen LogP contribution >= 0.6 is 23.7 Å². The molecule has 3 nitrogen and oxygen atoms in total. The van der Waals surface area contributed by atoms with Crippen molar-refractivity contribution in [3.8, 4) is 5.75 Å². The zero-order chi connectivity index (χ0) is 12.8. The largest absolute Gasteiger partial charge is 0.508 e. The van der Waals surface area contributed by atoms with E-state index in [-0.39, 0.29) is 18.4 Å². The average molecular weight is 307 g/mol. The van der Waals surface area contributed by atoms with Crippen molar-refractivity contribution in [1.82, 2.24) is 10.3 Å². The van der Waals surface area contributed by atoms with E-state index >= 15 is 0 Å². The van der Waals surface area contributed by atoms with Crippen molar-refractivity contribution in [3.05, 3.63) is 51.8 Å². The van der Waals surface area contributed by atoms with Crippen LogP contribution in [0.15, 0.2) is 35.7 Å². The second-order valence-electron chi connectivity index (χ2n) is 4.90. The number of rotatable bonds is 1. The van der Waals surface area contributed by atoms with Gasteiger partial charge in [-0.05, 0) is 41.6 Å². The van der Waals surface area contributed by atoms with Gasteiger partial charge in [0.15, 0.2) is 0 Å². The van der Waals surface area contributed by atoms with Crippen molar-refractivity contribution in [2.75, 3.05) is 6.54 Å². The minimum atomic E-state index is 0. The van der Waals surface area contributed by atoms with Gasteiger partial charge < -0.3 is 15.4 Å². The molecular weight excluding hydrogens is 292 g/mol. The predicted molar refractivity (Wildman–Crippen MR) is 85.1 cm³/mol. The minimum Gasteiger partial charge on any atom is -0.508 e. The molecule has 0 saturated carbocycles. The molecule has 104 valence electrons. The monoisotopic (exact) mass is 306 g/mol. The van der Waals surface area contributed by atoms with Crippen LogP contribution in [-0.2, 0) is 6.42 Å². The van der Waals surface area contributed by atoms with E-state index in [0.29, 0.717) is 5.75 Å². The van der Waals surface area contributed by atoms with Gasteiger partial charge in [0.1, 0.15) is 5.75 Å². The molecule has 1 unspecified atom stereocenters. The van der Waals surface area contributed by atoms with Crippen LogP contribution in [-0.4, -0.2) is 16.6 Å². The fourth-order valence-electron chi connectivity index (χ4n) is 2.91. The number of aromatic nitrogens is 1. The van der Waals surface area contributed by atoms with Crippen LogP contribution in [0.2, 0.25) is 0 Å². The molecule has 0 spiro atoms. The quantitative estimate of drug-likeness (QED) is 0.643. The minimum absolute atomic E-state index is 0. The van der Waals surface area contributed by atoms with Gasteiger partial charge >= 0.3 is 0 Å². The number of nitrogens with one attached hydrogen (secondary N) is 2. The van der Waals surface area contributed by atoms with Crippen LogP contribution in [0.4, 0.5) is 0 Å². The second-order valence-corrected chi connectivity index (χ2v) is 5.88. The lowest BCUT2D eigenvalue weighted by molar-refractivity contribution is 0.476. The molecule has 3 N–H and O–H groups in total. The summed E-state index contributed by atoms with van der Waals surface area (Å²) in [5.41, 5.74) is 3.69. The van der Waals surface area contributed by atoms with Crippen LogP contribution in [0.1, 0.15) is 22.2 Å². The number of halogens is 1. The maximum atomic E-state index is 9.67. The van der Waals surface area contributed by atoms with Crippen molar-refractivity contribution in [2.24, 2.45) is 0 Å². The molecule has 0 fully saturated rings. The second kappa shape index (κ2) is 5.13. The first-order chi connectivity index (χ1) is 9.33. The molecule has 20 heavy (non-hydrogen) atoms. The highest BCUT2D eigenvalue weighted by molar-refractivity contribution is 7.10. The van der Waals surface area contributed by atoms with Crippen LogP contribution < -0.4 is 5.32 Å². The van der Waals surface area contributed by atoms with Gasteiger partial charge in [-0.3, -0.25) is 0 Å². The molecule has 0 aliphatic carbocycles. The number of H-pyrrole nitrogens is 1. The molecule has 2 aromatic heterocycles. The summed E-state index contributed by atoms with van der Waals surface area (Å²) in [5, 5.41) is 16.5. The topological polar surface area (TPSA) is 48.0 Å². The molecule has 1 aromatic carbocycles. The highest BCUT2D eigenvalue weighted by atomic mass is 35.5. The molecule has 3 heterocycles. The lowest BCUT2D eigenvalue weighted by atomic mass is 9.98. The molecule has 1 aliphatic heterocycles. The molecular formula is C15H15ClN2OS. The summed E-state index contributed by atoms with van der Waals surface area (Å²) in [5.74, 6) is 0.334. The van der Waals surface area contributed by atoms with Crippen LogP contribution in [0.25, 0.3) is 10.9 Å². The van der Waals surface area contributed by atoms with E-state index in [1.54, 1.807) is 17.4 Å². The molecule has 4 rings (SSSR count). The van der Waals surface area contributed by atoms with Gasteiger partial charge in [-0.25, -0.2) is 0 Å². The number of hydrogen-bond donors (Lipinski definition) is 3. The van der Waals surface area contributed by atoms with Crippen LogP contribution in [0.3, 0.4) is 0 Å². The predicted octanol–water partition coefficient (Wildman–Crippen LogP) is 3.59. The van der Waals surface area contributed by atoms with E-state index in [2.05, 4.69) is 27.8 Å². The van der Waals surface area contributed by atoms with Crippen LogP contribution in [0, 0.1) is 0 Å². The first-order valence-electron chi connectivity index (χ1n) is 6.43. The number of aromatic hydroxyl groups is 1. The van der Waals surface area contributed by atoms with E-state index in [4.69, 9.17) is 0 Å². The lowest BCUT2D eigenvalue weighted by Gasteiger charge is -2.23. The van der Waals surface area contributed by atoms with Gasteiger partial charge in [0.25, 0.3) is 0 Å². The number of hydrogen-bond acceptors (Lipinski definition) is 3.